The molecule has 8 nitrogen and oxygen atoms in total. The molecule has 0 atom stereocenters. The van der Waals surface area contributed by atoms with Crippen molar-refractivity contribution in [3.63, 3.8) is 0 Å². The molecule has 2 aromatic heterocycles. The average molecular weight is 474 g/mol. The number of aryl methyl sites for hydroxylation is 1. The van der Waals surface area contributed by atoms with E-state index in [4.69, 9.17) is 4.42 Å². The molecule has 0 bridgehead atoms. The van der Waals surface area contributed by atoms with Crippen LogP contribution in [0, 0.1) is 12.8 Å². The van der Waals surface area contributed by atoms with E-state index < -0.39 is 0 Å². The van der Waals surface area contributed by atoms with Gasteiger partial charge in [-0.05, 0) is 50.5 Å². The topological polar surface area (TPSA) is 82.8 Å². The number of hydrogen-bond donors (Lipinski definition) is 0. The lowest BCUT2D eigenvalue weighted by Crippen LogP contribution is -2.44. The van der Waals surface area contributed by atoms with Crippen molar-refractivity contribution in [3.05, 3.63) is 66.1 Å². The quantitative estimate of drug-likeness (QED) is 0.522. The van der Waals surface area contributed by atoms with Crippen molar-refractivity contribution in [2.45, 2.75) is 32.7 Å². The van der Waals surface area contributed by atoms with E-state index in [9.17, 15) is 9.59 Å². The third-order valence-electron chi connectivity index (χ3n) is 6.66. The Bertz CT molecular complexity index is 1140. The minimum absolute atomic E-state index is 0.0202. The molecule has 0 spiro atoms. The zero-order chi connectivity index (χ0) is 24.2. The predicted octanol–water partition coefficient (Wildman–Crippen LogP) is 3.52. The van der Waals surface area contributed by atoms with E-state index in [1.54, 1.807) is 17.2 Å². The van der Waals surface area contributed by atoms with Crippen LogP contribution < -0.4 is 4.90 Å². The maximum absolute atomic E-state index is 13.2. The summed E-state index contributed by atoms with van der Waals surface area (Å²) in [6.07, 6.45) is 4.24. The van der Waals surface area contributed by atoms with Gasteiger partial charge in [0.15, 0.2) is 5.82 Å². The summed E-state index contributed by atoms with van der Waals surface area (Å²) in [5.41, 5.74) is 3.10. The van der Waals surface area contributed by atoms with Crippen LogP contribution in [-0.2, 0) is 16.1 Å². The zero-order valence-electron chi connectivity index (χ0n) is 20.1. The van der Waals surface area contributed by atoms with Gasteiger partial charge in [0.1, 0.15) is 12.3 Å². The number of aromatic nitrogens is 2. The third kappa shape index (κ3) is 5.70. The highest BCUT2D eigenvalue weighted by atomic mass is 16.3. The summed E-state index contributed by atoms with van der Waals surface area (Å²) in [5.74, 6) is 1.60. The van der Waals surface area contributed by atoms with Crippen LogP contribution in [0.1, 0.15) is 30.6 Å². The molecule has 0 N–H and O–H groups in total. The Labute approximate surface area is 205 Å². The maximum Gasteiger partial charge on any atom is 0.242 e. The number of amides is 2. The Morgan fingerprint density at radius 3 is 2.51 bits per heavy atom. The van der Waals surface area contributed by atoms with E-state index in [0.717, 1.165) is 42.9 Å². The molecule has 2 fully saturated rings. The van der Waals surface area contributed by atoms with Crippen LogP contribution in [0.2, 0.25) is 0 Å². The SMILES string of the molecule is Cc1ccc(-c2ccc(N3CCCN(C(=O)CN(Cc4ccco4)C(=O)C4CC4)CC3)nn2)cc1. The number of rotatable bonds is 7. The lowest BCUT2D eigenvalue weighted by molar-refractivity contribution is -0.141. The zero-order valence-corrected chi connectivity index (χ0v) is 20.1. The normalized spacial score (nSPS) is 16.1. The fourth-order valence-electron chi connectivity index (χ4n) is 4.42. The lowest BCUT2D eigenvalue weighted by atomic mass is 10.1. The number of carbonyl (C=O) groups excluding carboxylic acids is 2. The van der Waals surface area contributed by atoms with Crippen LogP contribution in [0.3, 0.4) is 0 Å². The molecule has 182 valence electrons. The molecule has 1 aromatic carbocycles. The summed E-state index contributed by atoms with van der Waals surface area (Å²) in [7, 11) is 0. The van der Waals surface area contributed by atoms with E-state index in [-0.39, 0.29) is 24.3 Å². The van der Waals surface area contributed by atoms with Crippen molar-refractivity contribution in [2.24, 2.45) is 5.92 Å². The maximum atomic E-state index is 13.2. The number of carbonyl (C=O) groups is 2. The highest BCUT2D eigenvalue weighted by molar-refractivity contribution is 5.87. The fraction of sp³-hybridized carbons (Fsp3) is 0.407. The van der Waals surface area contributed by atoms with Crippen molar-refractivity contribution in [1.82, 2.24) is 20.0 Å². The van der Waals surface area contributed by atoms with Crippen molar-refractivity contribution in [2.75, 3.05) is 37.6 Å². The van der Waals surface area contributed by atoms with Crippen LogP contribution >= 0.6 is 0 Å². The number of furan rings is 1. The van der Waals surface area contributed by atoms with Gasteiger partial charge < -0.3 is 19.1 Å². The summed E-state index contributed by atoms with van der Waals surface area (Å²) in [5, 5.41) is 8.89. The summed E-state index contributed by atoms with van der Waals surface area (Å²) < 4.78 is 5.43. The van der Waals surface area contributed by atoms with E-state index >= 15 is 0 Å². The van der Waals surface area contributed by atoms with Gasteiger partial charge in [-0.1, -0.05) is 29.8 Å². The van der Waals surface area contributed by atoms with Gasteiger partial charge in [-0.15, -0.1) is 10.2 Å². The van der Waals surface area contributed by atoms with Crippen LogP contribution in [0.25, 0.3) is 11.3 Å². The summed E-state index contributed by atoms with van der Waals surface area (Å²) in [6.45, 7) is 5.22. The highest BCUT2D eigenvalue weighted by Crippen LogP contribution is 2.31. The molecule has 1 aliphatic heterocycles. The molecule has 0 unspecified atom stereocenters. The predicted molar refractivity (Wildman–Crippen MR) is 132 cm³/mol. The molecule has 2 amide bonds. The number of hydrogen-bond acceptors (Lipinski definition) is 6. The second kappa shape index (κ2) is 10.3. The van der Waals surface area contributed by atoms with Gasteiger partial charge >= 0.3 is 0 Å². The van der Waals surface area contributed by atoms with Crippen molar-refractivity contribution >= 4 is 17.6 Å². The second-order valence-corrected chi connectivity index (χ2v) is 9.41. The largest absolute Gasteiger partial charge is 0.467 e. The van der Waals surface area contributed by atoms with Crippen LogP contribution in [-0.4, -0.2) is 64.5 Å². The number of anilines is 1. The second-order valence-electron chi connectivity index (χ2n) is 9.41. The standard InChI is InChI=1S/C27H31N5O3/c1-20-5-7-21(8-6-20)24-11-12-25(29-28-24)30-13-3-14-31(16-15-30)26(33)19-32(27(34)22-9-10-22)18-23-4-2-17-35-23/h2,4-8,11-12,17,22H,3,9-10,13-16,18-19H2,1H3. The Kier molecular flexibility index (Phi) is 6.79. The molecule has 35 heavy (non-hydrogen) atoms. The number of nitrogens with zero attached hydrogens (tertiary/aromatic N) is 5. The molecule has 2 aliphatic rings. The van der Waals surface area contributed by atoms with E-state index in [2.05, 4.69) is 46.3 Å². The first kappa shape index (κ1) is 23.1. The molecule has 1 aliphatic carbocycles. The molecule has 5 rings (SSSR count). The summed E-state index contributed by atoms with van der Waals surface area (Å²) in [4.78, 5) is 31.6. The lowest BCUT2D eigenvalue weighted by Gasteiger charge is -2.26. The van der Waals surface area contributed by atoms with E-state index in [1.807, 2.05) is 23.1 Å². The van der Waals surface area contributed by atoms with Crippen LogP contribution in [0.15, 0.2) is 59.2 Å². The van der Waals surface area contributed by atoms with Crippen molar-refractivity contribution in [1.29, 1.82) is 0 Å². The Hall–Kier alpha value is -3.68. The van der Waals surface area contributed by atoms with Crippen LogP contribution in [0.5, 0.6) is 0 Å². The third-order valence-corrected chi connectivity index (χ3v) is 6.66. The highest BCUT2D eigenvalue weighted by Gasteiger charge is 2.35. The van der Waals surface area contributed by atoms with Gasteiger partial charge in [0.05, 0.1) is 18.5 Å². The van der Waals surface area contributed by atoms with E-state index in [1.165, 1.54) is 5.56 Å². The molecular formula is C27H31N5O3. The molecular weight excluding hydrogens is 442 g/mol. The Balaban J connectivity index is 1.19. The van der Waals surface area contributed by atoms with Gasteiger partial charge in [0.25, 0.3) is 0 Å². The molecule has 0 radical (unpaired) electrons. The van der Waals surface area contributed by atoms with Crippen LogP contribution in [0.4, 0.5) is 5.82 Å². The van der Waals surface area contributed by atoms with Gasteiger partial charge in [0, 0.05) is 37.7 Å². The first-order valence-electron chi connectivity index (χ1n) is 12.3. The van der Waals surface area contributed by atoms with Gasteiger partial charge in [-0.2, -0.15) is 0 Å². The average Bonchev–Trinajstić information content (AvgIpc) is 3.65. The molecule has 1 saturated carbocycles. The minimum Gasteiger partial charge on any atom is -0.467 e. The first-order chi connectivity index (χ1) is 17.1. The van der Waals surface area contributed by atoms with Crippen molar-refractivity contribution in [3.8, 4) is 11.3 Å². The monoisotopic (exact) mass is 473 g/mol. The van der Waals surface area contributed by atoms with E-state index in [0.29, 0.717) is 31.9 Å². The molecule has 1 saturated heterocycles. The summed E-state index contributed by atoms with van der Waals surface area (Å²) in [6, 6.07) is 15.9. The fourth-order valence-corrected chi connectivity index (χ4v) is 4.42. The molecule has 8 heteroatoms. The molecule has 3 aromatic rings. The minimum atomic E-state index is -0.0202. The molecule has 3 heterocycles. The van der Waals surface area contributed by atoms with Gasteiger partial charge in [0.2, 0.25) is 11.8 Å². The number of benzene rings is 1. The summed E-state index contributed by atoms with van der Waals surface area (Å²) >= 11 is 0. The van der Waals surface area contributed by atoms with Gasteiger partial charge in [-0.3, -0.25) is 9.59 Å². The van der Waals surface area contributed by atoms with Crippen molar-refractivity contribution < 1.29 is 14.0 Å². The first-order valence-corrected chi connectivity index (χ1v) is 12.3. The van der Waals surface area contributed by atoms with Gasteiger partial charge in [-0.25, -0.2) is 0 Å². The smallest absolute Gasteiger partial charge is 0.242 e. The Morgan fingerprint density at radius 2 is 1.83 bits per heavy atom. The Morgan fingerprint density at radius 1 is 1.00 bits per heavy atom.